The van der Waals surface area contributed by atoms with Crippen molar-refractivity contribution in [3.8, 4) is 17.0 Å². The van der Waals surface area contributed by atoms with Crippen molar-refractivity contribution in [2.75, 3.05) is 13.7 Å². The van der Waals surface area contributed by atoms with Gasteiger partial charge in [-0.15, -0.1) is 29.3 Å². The molecule has 3 rings (SSSR count). The third-order valence-electron chi connectivity index (χ3n) is 3.49. The van der Waals surface area contributed by atoms with E-state index in [1.165, 1.54) is 4.88 Å². The molecular formula is C19H19N3OS2. The molecule has 0 radical (unpaired) electrons. The molecule has 0 N–H and O–H groups in total. The Kier molecular flexibility index (Phi) is 5.63. The van der Waals surface area contributed by atoms with Crippen LogP contribution in [-0.4, -0.2) is 24.5 Å². The lowest BCUT2D eigenvalue weighted by Crippen LogP contribution is -2.12. The number of methoxy groups -OCH3 is 1. The average Bonchev–Trinajstić information content (AvgIpc) is 3.24. The highest BCUT2D eigenvalue weighted by molar-refractivity contribution is 7.13. The minimum atomic E-state index is 0.566. The van der Waals surface area contributed by atoms with Gasteiger partial charge in [-0.1, -0.05) is 6.08 Å². The quantitative estimate of drug-likeness (QED) is 0.463. The molecular weight excluding hydrogens is 350 g/mol. The number of hydrogen-bond donors (Lipinski definition) is 0. The number of aromatic nitrogens is 1. The summed E-state index contributed by atoms with van der Waals surface area (Å²) in [5.74, 6) is 0.833. The smallest absolute Gasteiger partial charge is 0.206 e. The van der Waals surface area contributed by atoms with Crippen LogP contribution in [0, 0.1) is 6.92 Å². The highest BCUT2D eigenvalue weighted by Gasteiger charge is 2.07. The zero-order valence-electron chi connectivity index (χ0n) is 14.2. The van der Waals surface area contributed by atoms with Crippen LogP contribution in [0.5, 0.6) is 5.75 Å². The lowest BCUT2D eigenvalue weighted by molar-refractivity contribution is 0.415. The summed E-state index contributed by atoms with van der Waals surface area (Å²) in [4.78, 5) is 7.78. The number of hydrogen-bond acceptors (Lipinski definition) is 5. The normalized spacial score (nSPS) is 12.0. The number of ether oxygens (including phenoxy) is 1. The average molecular weight is 370 g/mol. The molecule has 0 saturated heterocycles. The van der Waals surface area contributed by atoms with Gasteiger partial charge in [-0.25, -0.2) is 4.68 Å². The predicted molar refractivity (Wildman–Crippen MR) is 107 cm³/mol. The van der Waals surface area contributed by atoms with Crippen LogP contribution in [0.3, 0.4) is 0 Å². The van der Waals surface area contributed by atoms with Crippen LogP contribution in [0.4, 0.5) is 0 Å². The summed E-state index contributed by atoms with van der Waals surface area (Å²) >= 11 is 3.29. The molecule has 0 amide bonds. The first-order chi connectivity index (χ1) is 12.2. The molecule has 0 fully saturated rings. The van der Waals surface area contributed by atoms with Gasteiger partial charge in [-0.05, 0) is 43.3 Å². The van der Waals surface area contributed by atoms with E-state index in [1.807, 2.05) is 35.2 Å². The van der Waals surface area contributed by atoms with Crippen molar-refractivity contribution < 1.29 is 4.74 Å². The zero-order valence-corrected chi connectivity index (χ0v) is 15.8. The number of nitrogens with zero attached hydrogens (tertiary/aromatic N) is 3. The van der Waals surface area contributed by atoms with Crippen molar-refractivity contribution >= 4 is 28.9 Å². The molecule has 0 aliphatic heterocycles. The van der Waals surface area contributed by atoms with E-state index >= 15 is 0 Å². The maximum absolute atomic E-state index is 5.24. The fourth-order valence-corrected chi connectivity index (χ4v) is 3.85. The Balaban J connectivity index is 2.04. The molecule has 0 aliphatic rings. The molecule has 0 aliphatic carbocycles. The summed E-state index contributed by atoms with van der Waals surface area (Å²) in [6.45, 7) is 6.39. The van der Waals surface area contributed by atoms with Crippen molar-refractivity contribution in [1.82, 2.24) is 4.68 Å². The summed E-state index contributed by atoms with van der Waals surface area (Å²) in [7, 11) is 1.67. The largest absolute Gasteiger partial charge is 0.497 e. The molecule has 0 atom stereocenters. The Bertz CT molecular complexity index is 946. The van der Waals surface area contributed by atoms with Gasteiger partial charge in [0.1, 0.15) is 5.75 Å². The molecule has 0 saturated carbocycles. The zero-order chi connectivity index (χ0) is 17.6. The molecule has 6 heteroatoms. The Hall–Kier alpha value is -2.44. The highest BCUT2D eigenvalue weighted by Crippen LogP contribution is 2.23. The minimum absolute atomic E-state index is 0.566. The Morgan fingerprint density at radius 2 is 2.00 bits per heavy atom. The van der Waals surface area contributed by atoms with Gasteiger partial charge in [0.25, 0.3) is 0 Å². The monoisotopic (exact) mass is 369 g/mol. The van der Waals surface area contributed by atoms with E-state index in [0.29, 0.717) is 6.54 Å². The maximum atomic E-state index is 5.24. The second kappa shape index (κ2) is 8.09. The van der Waals surface area contributed by atoms with E-state index < -0.39 is 0 Å². The van der Waals surface area contributed by atoms with Crippen LogP contribution in [0.2, 0.25) is 0 Å². The number of thiophene rings is 1. The second-order valence-corrected chi connectivity index (χ2v) is 7.42. The van der Waals surface area contributed by atoms with Crippen molar-refractivity contribution in [3.05, 3.63) is 69.0 Å². The van der Waals surface area contributed by atoms with Crippen LogP contribution >= 0.6 is 22.7 Å². The van der Waals surface area contributed by atoms with E-state index in [9.17, 15) is 0 Å². The van der Waals surface area contributed by atoms with E-state index in [-0.39, 0.29) is 0 Å². The van der Waals surface area contributed by atoms with Crippen LogP contribution in [0.15, 0.2) is 64.5 Å². The third kappa shape index (κ3) is 4.15. The summed E-state index contributed by atoms with van der Waals surface area (Å²) in [5.41, 5.74) is 2.07. The minimum Gasteiger partial charge on any atom is -0.497 e. The van der Waals surface area contributed by atoms with Gasteiger partial charge >= 0.3 is 0 Å². The van der Waals surface area contributed by atoms with Crippen molar-refractivity contribution in [1.29, 1.82) is 0 Å². The Morgan fingerprint density at radius 1 is 1.20 bits per heavy atom. The van der Waals surface area contributed by atoms with Crippen molar-refractivity contribution in [2.45, 2.75) is 6.92 Å². The molecule has 0 unspecified atom stereocenters. The molecule has 0 spiro atoms. The van der Waals surface area contributed by atoms with Crippen LogP contribution in [0.1, 0.15) is 9.75 Å². The Morgan fingerprint density at radius 3 is 2.64 bits per heavy atom. The standard InChI is InChI=1S/C19H19N3OS2/c1-4-11-20-19-22(21-12-17-10-5-14(2)25-17)18(13-24-19)15-6-8-16(23-3)9-7-15/h4-10,12-13H,1,11H2,2-3H3. The van der Waals surface area contributed by atoms with E-state index in [0.717, 1.165) is 26.7 Å². The van der Waals surface area contributed by atoms with Gasteiger partial charge in [0.05, 0.1) is 25.6 Å². The molecule has 0 bridgehead atoms. The lowest BCUT2D eigenvalue weighted by atomic mass is 10.2. The predicted octanol–water partition coefficient (Wildman–Crippen LogP) is 4.56. The van der Waals surface area contributed by atoms with Crippen LogP contribution in [0.25, 0.3) is 11.3 Å². The first-order valence-corrected chi connectivity index (χ1v) is 9.48. The van der Waals surface area contributed by atoms with E-state index in [4.69, 9.17) is 4.74 Å². The van der Waals surface area contributed by atoms with Crippen molar-refractivity contribution in [2.24, 2.45) is 10.1 Å². The van der Waals surface area contributed by atoms with Gasteiger partial charge in [0.2, 0.25) is 4.80 Å². The molecule has 128 valence electrons. The molecule has 2 heterocycles. The topological polar surface area (TPSA) is 38.9 Å². The number of aryl methyl sites for hydroxylation is 1. The Labute approximate surface area is 155 Å². The fraction of sp³-hybridized carbons (Fsp3) is 0.158. The van der Waals surface area contributed by atoms with Gasteiger partial charge in [0, 0.05) is 20.7 Å². The lowest BCUT2D eigenvalue weighted by Gasteiger charge is -2.05. The third-order valence-corrected chi connectivity index (χ3v) is 5.28. The molecule has 3 aromatic rings. The van der Waals surface area contributed by atoms with Gasteiger partial charge < -0.3 is 4.74 Å². The van der Waals surface area contributed by atoms with Crippen LogP contribution < -0.4 is 9.54 Å². The van der Waals surface area contributed by atoms with Crippen LogP contribution in [-0.2, 0) is 0 Å². The molecule has 1 aromatic carbocycles. The maximum Gasteiger partial charge on any atom is 0.206 e. The number of rotatable bonds is 6. The fourth-order valence-electron chi connectivity index (χ4n) is 2.26. The summed E-state index contributed by atoms with van der Waals surface area (Å²) in [5, 5.41) is 6.74. The summed E-state index contributed by atoms with van der Waals surface area (Å²) < 4.78 is 7.12. The first-order valence-electron chi connectivity index (χ1n) is 7.78. The van der Waals surface area contributed by atoms with Gasteiger partial charge in [0.15, 0.2) is 0 Å². The number of benzene rings is 1. The van der Waals surface area contributed by atoms with Gasteiger partial charge in [-0.3, -0.25) is 4.99 Å². The van der Waals surface area contributed by atoms with Gasteiger partial charge in [-0.2, -0.15) is 5.10 Å². The molecule has 2 aromatic heterocycles. The van der Waals surface area contributed by atoms with E-state index in [1.54, 1.807) is 35.9 Å². The first kappa shape index (κ1) is 17.4. The second-order valence-electron chi connectivity index (χ2n) is 5.27. The SMILES string of the molecule is C=CCN=c1scc(-c2ccc(OC)cc2)n1N=Cc1ccc(C)s1. The van der Waals surface area contributed by atoms with Crippen molar-refractivity contribution in [3.63, 3.8) is 0 Å². The summed E-state index contributed by atoms with van der Waals surface area (Å²) in [6, 6.07) is 12.1. The number of thiazole rings is 1. The molecule has 25 heavy (non-hydrogen) atoms. The van der Waals surface area contributed by atoms with E-state index in [2.05, 4.69) is 41.1 Å². The highest BCUT2D eigenvalue weighted by atomic mass is 32.1. The molecule has 4 nitrogen and oxygen atoms in total. The summed E-state index contributed by atoms with van der Waals surface area (Å²) in [6.07, 6.45) is 3.66.